The Morgan fingerprint density at radius 3 is 2.59 bits per heavy atom. The van der Waals surface area contributed by atoms with Gasteiger partial charge in [0.15, 0.2) is 0 Å². The lowest BCUT2D eigenvalue weighted by Gasteiger charge is -2.20. The van der Waals surface area contributed by atoms with E-state index in [9.17, 15) is 8.78 Å². The fraction of sp³-hybridized carbons (Fsp3) is 0.571. The lowest BCUT2D eigenvalue weighted by molar-refractivity contribution is 0.407. The van der Waals surface area contributed by atoms with Gasteiger partial charge in [-0.2, -0.15) is 0 Å². The molecule has 0 radical (unpaired) electrons. The largest absolute Gasteiger partial charge is 0.310 e. The Balaban J connectivity index is 2.30. The predicted octanol–water partition coefficient (Wildman–Crippen LogP) is 3.66. The summed E-state index contributed by atoms with van der Waals surface area (Å²) in [5.74, 6) is -0.304. The minimum Gasteiger partial charge on any atom is -0.310 e. The van der Waals surface area contributed by atoms with E-state index in [0.717, 1.165) is 13.0 Å². The standard InChI is InChI=1S/C14H19F2N/c1-4-17-13(11-8-14(11,2)3)10-7-9(15)5-6-12(10)16/h5-7,11,13,17H,4,8H2,1-3H3. The van der Waals surface area contributed by atoms with E-state index in [0.29, 0.717) is 11.5 Å². The minimum atomic E-state index is -0.372. The van der Waals surface area contributed by atoms with E-state index in [1.807, 2.05) is 6.92 Å². The molecule has 0 spiro atoms. The van der Waals surface area contributed by atoms with Crippen LogP contribution in [0.15, 0.2) is 18.2 Å². The Labute approximate surface area is 101 Å². The normalized spacial score (nSPS) is 23.5. The zero-order chi connectivity index (χ0) is 12.6. The van der Waals surface area contributed by atoms with Crippen LogP contribution in [0, 0.1) is 23.0 Å². The first kappa shape index (κ1) is 12.5. The number of hydrogen-bond acceptors (Lipinski definition) is 1. The second-order valence-electron chi connectivity index (χ2n) is 5.50. The first-order valence-electron chi connectivity index (χ1n) is 6.14. The van der Waals surface area contributed by atoms with Crippen LogP contribution >= 0.6 is 0 Å². The Morgan fingerprint density at radius 2 is 2.06 bits per heavy atom. The first-order chi connectivity index (χ1) is 7.95. The van der Waals surface area contributed by atoms with Gasteiger partial charge in [-0.1, -0.05) is 20.8 Å². The Bertz CT molecular complexity index is 415. The molecule has 1 aliphatic rings. The molecule has 1 fully saturated rings. The van der Waals surface area contributed by atoms with Crippen molar-refractivity contribution in [3.8, 4) is 0 Å². The molecule has 1 N–H and O–H groups in total. The van der Waals surface area contributed by atoms with Gasteiger partial charge in [0.1, 0.15) is 11.6 Å². The molecule has 0 saturated heterocycles. The van der Waals surface area contributed by atoms with Gasteiger partial charge >= 0.3 is 0 Å². The van der Waals surface area contributed by atoms with Gasteiger partial charge in [-0.25, -0.2) is 8.78 Å². The van der Waals surface area contributed by atoms with E-state index in [1.54, 1.807) is 0 Å². The van der Waals surface area contributed by atoms with Crippen molar-refractivity contribution in [2.75, 3.05) is 6.54 Å². The van der Waals surface area contributed by atoms with Crippen LogP contribution in [0.3, 0.4) is 0 Å². The van der Waals surface area contributed by atoms with Crippen LogP contribution in [0.1, 0.15) is 38.8 Å². The molecule has 1 aromatic carbocycles. The molecule has 2 unspecified atom stereocenters. The van der Waals surface area contributed by atoms with E-state index < -0.39 is 0 Å². The maximum atomic E-state index is 13.8. The van der Waals surface area contributed by atoms with Crippen LogP contribution < -0.4 is 5.32 Å². The highest BCUT2D eigenvalue weighted by atomic mass is 19.1. The zero-order valence-electron chi connectivity index (χ0n) is 10.6. The van der Waals surface area contributed by atoms with E-state index >= 15 is 0 Å². The van der Waals surface area contributed by atoms with Gasteiger partial charge in [-0.3, -0.25) is 0 Å². The molecule has 0 aromatic heterocycles. The summed E-state index contributed by atoms with van der Waals surface area (Å²) in [7, 11) is 0. The van der Waals surface area contributed by atoms with Crippen molar-refractivity contribution in [1.29, 1.82) is 0 Å². The molecule has 0 aliphatic heterocycles. The third kappa shape index (κ3) is 2.49. The van der Waals surface area contributed by atoms with E-state index in [1.165, 1.54) is 18.2 Å². The summed E-state index contributed by atoms with van der Waals surface area (Å²) in [5, 5.41) is 3.28. The number of rotatable bonds is 4. The predicted molar refractivity (Wildman–Crippen MR) is 64.7 cm³/mol. The van der Waals surface area contributed by atoms with Gasteiger partial charge in [0.25, 0.3) is 0 Å². The van der Waals surface area contributed by atoms with Crippen molar-refractivity contribution in [3.63, 3.8) is 0 Å². The van der Waals surface area contributed by atoms with Gasteiger partial charge in [0.05, 0.1) is 0 Å². The molecule has 2 atom stereocenters. The highest BCUT2D eigenvalue weighted by Gasteiger charge is 2.50. The van der Waals surface area contributed by atoms with Crippen molar-refractivity contribution in [3.05, 3.63) is 35.4 Å². The molecule has 17 heavy (non-hydrogen) atoms. The van der Waals surface area contributed by atoms with Crippen molar-refractivity contribution < 1.29 is 8.78 Å². The zero-order valence-corrected chi connectivity index (χ0v) is 10.6. The summed E-state index contributed by atoms with van der Waals surface area (Å²) in [4.78, 5) is 0. The minimum absolute atomic E-state index is 0.0781. The van der Waals surface area contributed by atoms with Crippen LogP contribution in [0.2, 0.25) is 0 Å². The maximum Gasteiger partial charge on any atom is 0.128 e. The molecular weight excluding hydrogens is 220 g/mol. The molecule has 1 saturated carbocycles. The average molecular weight is 239 g/mol. The molecule has 1 aliphatic carbocycles. The van der Waals surface area contributed by atoms with Crippen molar-refractivity contribution in [2.24, 2.45) is 11.3 Å². The molecule has 2 rings (SSSR count). The number of nitrogens with one attached hydrogen (secondary N) is 1. The summed E-state index contributed by atoms with van der Waals surface area (Å²) >= 11 is 0. The second-order valence-corrected chi connectivity index (χ2v) is 5.50. The smallest absolute Gasteiger partial charge is 0.128 e. The lowest BCUT2D eigenvalue weighted by atomic mass is 9.96. The van der Waals surface area contributed by atoms with Crippen molar-refractivity contribution in [1.82, 2.24) is 5.32 Å². The first-order valence-corrected chi connectivity index (χ1v) is 6.14. The number of benzene rings is 1. The van der Waals surface area contributed by atoms with Crippen LogP contribution in [0.5, 0.6) is 0 Å². The third-order valence-corrected chi connectivity index (χ3v) is 3.71. The van der Waals surface area contributed by atoms with Crippen LogP contribution in [-0.2, 0) is 0 Å². The molecule has 1 nitrogen and oxygen atoms in total. The molecule has 3 heteroatoms. The second kappa shape index (κ2) is 4.37. The van der Waals surface area contributed by atoms with Crippen LogP contribution in [0.4, 0.5) is 8.78 Å². The monoisotopic (exact) mass is 239 g/mol. The summed E-state index contributed by atoms with van der Waals surface area (Å²) < 4.78 is 27.0. The molecule has 0 heterocycles. The fourth-order valence-corrected chi connectivity index (χ4v) is 2.52. The van der Waals surface area contributed by atoms with Crippen LogP contribution in [0.25, 0.3) is 0 Å². The topological polar surface area (TPSA) is 12.0 Å². The van der Waals surface area contributed by atoms with Crippen molar-refractivity contribution in [2.45, 2.75) is 33.2 Å². The quantitative estimate of drug-likeness (QED) is 0.845. The van der Waals surface area contributed by atoms with Gasteiger partial charge in [0, 0.05) is 11.6 Å². The summed E-state index contributed by atoms with van der Waals surface area (Å²) in [6, 6.07) is 3.62. The third-order valence-electron chi connectivity index (χ3n) is 3.71. The average Bonchev–Trinajstić information content (AvgIpc) is 2.88. The highest BCUT2D eigenvalue weighted by molar-refractivity contribution is 5.25. The Hall–Kier alpha value is -0.960. The van der Waals surface area contributed by atoms with E-state index in [4.69, 9.17) is 0 Å². The SMILES string of the molecule is CCNC(c1cc(F)ccc1F)C1CC1(C)C. The van der Waals surface area contributed by atoms with Gasteiger partial charge in [0.2, 0.25) is 0 Å². The van der Waals surface area contributed by atoms with Crippen LogP contribution in [-0.4, -0.2) is 6.54 Å². The molecule has 94 valence electrons. The molecular formula is C14H19F2N. The summed E-state index contributed by atoms with van der Waals surface area (Å²) in [5.41, 5.74) is 0.688. The Morgan fingerprint density at radius 1 is 1.41 bits per heavy atom. The summed E-state index contributed by atoms with van der Waals surface area (Å²) in [6.45, 7) is 7.07. The van der Waals surface area contributed by atoms with Gasteiger partial charge < -0.3 is 5.32 Å². The Kier molecular flexibility index (Phi) is 3.21. The maximum absolute atomic E-state index is 13.8. The van der Waals surface area contributed by atoms with Gasteiger partial charge in [-0.15, -0.1) is 0 Å². The number of hydrogen-bond donors (Lipinski definition) is 1. The number of halogens is 2. The van der Waals surface area contributed by atoms with E-state index in [-0.39, 0.29) is 23.1 Å². The highest BCUT2D eigenvalue weighted by Crippen LogP contribution is 2.57. The molecule has 0 bridgehead atoms. The molecule has 0 amide bonds. The van der Waals surface area contributed by atoms with E-state index in [2.05, 4.69) is 19.2 Å². The fourth-order valence-electron chi connectivity index (χ4n) is 2.52. The van der Waals surface area contributed by atoms with Gasteiger partial charge in [-0.05, 0) is 42.5 Å². The lowest BCUT2D eigenvalue weighted by Crippen LogP contribution is -2.25. The van der Waals surface area contributed by atoms with Crippen molar-refractivity contribution >= 4 is 0 Å². The summed E-state index contributed by atoms with van der Waals surface area (Å²) in [6.07, 6.45) is 1.06. The molecule has 1 aromatic rings.